The summed E-state index contributed by atoms with van der Waals surface area (Å²) in [6.45, 7) is 5.63. The lowest BCUT2D eigenvalue weighted by molar-refractivity contribution is -0.135. The number of alkyl carbamates (subject to hydrolysis) is 1. The van der Waals surface area contributed by atoms with Crippen LogP contribution in [0, 0.1) is 5.92 Å². The number of hydrogen-bond acceptors (Lipinski definition) is 3. The molecule has 1 aromatic carbocycles. The monoisotopic (exact) mass is 318 g/mol. The van der Waals surface area contributed by atoms with Gasteiger partial charge in [0.1, 0.15) is 12.6 Å². The van der Waals surface area contributed by atoms with Crippen LogP contribution in [0.4, 0.5) is 4.79 Å². The van der Waals surface area contributed by atoms with Crippen molar-refractivity contribution in [3.8, 4) is 0 Å². The van der Waals surface area contributed by atoms with Gasteiger partial charge in [-0.25, -0.2) is 4.79 Å². The summed E-state index contributed by atoms with van der Waals surface area (Å²) in [5.74, 6) is 0.0186. The smallest absolute Gasteiger partial charge is 0.408 e. The highest BCUT2D eigenvalue weighted by Crippen LogP contribution is 2.13. The first-order valence-corrected chi connectivity index (χ1v) is 8.34. The Morgan fingerprint density at radius 1 is 1.13 bits per heavy atom. The molecule has 0 saturated carbocycles. The lowest BCUT2D eigenvalue weighted by atomic mass is 10.0. The minimum absolute atomic E-state index is 0.00337. The van der Waals surface area contributed by atoms with Crippen molar-refractivity contribution in [2.24, 2.45) is 5.92 Å². The third-order valence-electron chi connectivity index (χ3n) is 4.09. The normalized spacial score (nSPS) is 16.0. The number of carbonyl (C=O) groups excluding carboxylic acids is 2. The molecule has 1 N–H and O–H groups in total. The molecule has 5 heteroatoms. The van der Waals surface area contributed by atoms with Crippen molar-refractivity contribution >= 4 is 12.0 Å². The molecular weight excluding hydrogens is 292 g/mol. The van der Waals surface area contributed by atoms with Gasteiger partial charge in [-0.3, -0.25) is 4.79 Å². The Bertz CT molecular complexity index is 510. The fraction of sp³-hybridized carbons (Fsp3) is 0.556. The van der Waals surface area contributed by atoms with Crippen LogP contribution in [0.25, 0.3) is 0 Å². The number of piperidine rings is 1. The molecule has 1 atom stereocenters. The van der Waals surface area contributed by atoms with Gasteiger partial charge in [0, 0.05) is 13.1 Å². The van der Waals surface area contributed by atoms with E-state index in [9.17, 15) is 9.59 Å². The van der Waals surface area contributed by atoms with Gasteiger partial charge in [0.15, 0.2) is 0 Å². The van der Waals surface area contributed by atoms with Crippen molar-refractivity contribution in [2.45, 2.75) is 45.8 Å². The Morgan fingerprint density at radius 2 is 1.78 bits per heavy atom. The van der Waals surface area contributed by atoms with Crippen molar-refractivity contribution in [1.82, 2.24) is 10.2 Å². The molecule has 0 bridgehead atoms. The maximum atomic E-state index is 12.6. The van der Waals surface area contributed by atoms with Gasteiger partial charge in [-0.15, -0.1) is 0 Å². The standard InChI is InChI=1S/C18H26N2O3/c1-14(2)16(17(21)20-11-7-4-8-12-20)19-18(22)23-13-15-9-5-3-6-10-15/h3,5-6,9-10,14,16H,4,7-8,11-13H2,1-2H3,(H,19,22)/t16-/m0/s1. The van der Waals surface area contributed by atoms with E-state index >= 15 is 0 Å². The second-order valence-corrected chi connectivity index (χ2v) is 6.31. The average molecular weight is 318 g/mol. The minimum atomic E-state index is -0.544. The Balaban J connectivity index is 1.87. The molecule has 1 aliphatic rings. The van der Waals surface area contributed by atoms with Crippen LogP contribution in [0.5, 0.6) is 0 Å². The molecule has 0 spiro atoms. The quantitative estimate of drug-likeness (QED) is 0.908. The van der Waals surface area contributed by atoms with E-state index < -0.39 is 12.1 Å². The number of nitrogens with zero attached hydrogens (tertiary/aromatic N) is 1. The number of amides is 2. The zero-order valence-electron chi connectivity index (χ0n) is 14.0. The summed E-state index contributed by atoms with van der Waals surface area (Å²) in [7, 11) is 0. The third kappa shape index (κ3) is 5.27. The van der Waals surface area contributed by atoms with Gasteiger partial charge in [-0.2, -0.15) is 0 Å². The highest BCUT2D eigenvalue weighted by molar-refractivity contribution is 5.86. The lowest BCUT2D eigenvalue weighted by Crippen LogP contribution is -2.52. The predicted molar refractivity (Wildman–Crippen MR) is 88.8 cm³/mol. The SMILES string of the molecule is CC(C)[C@H](NC(=O)OCc1ccccc1)C(=O)N1CCCCC1. The molecule has 1 saturated heterocycles. The minimum Gasteiger partial charge on any atom is -0.445 e. The highest BCUT2D eigenvalue weighted by atomic mass is 16.5. The Morgan fingerprint density at radius 3 is 2.39 bits per heavy atom. The van der Waals surface area contributed by atoms with Crippen LogP contribution in [0.15, 0.2) is 30.3 Å². The maximum absolute atomic E-state index is 12.6. The summed E-state index contributed by atoms with van der Waals surface area (Å²) in [5.41, 5.74) is 0.922. The molecule has 1 heterocycles. The van der Waals surface area contributed by atoms with Crippen molar-refractivity contribution in [1.29, 1.82) is 0 Å². The maximum Gasteiger partial charge on any atom is 0.408 e. The Kier molecular flexibility index (Phi) is 6.44. The van der Waals surface area contributed by atoms with Gasteiger partial charge in [0.25, 0.3) is 0 Å². The molecular formula is C18H26N2O3. The summed E-state index contributed by atoms with van der Waals surface area (Å²) in [6, 6.07) is 8.96. The van der Waals surface area contributed by atoms with E-state index in [1.165, 1.54) is 6.42 Å². The molecule has 1 fully saturated rings. The van der Waals surface area contributed by atoms with Gasteiger partial charge in [-0.05, 0) is 30.7 Å². The van der Waals surface area contributed by atoms with E-state index in [4.69, 9.17) is 4.74 Å². The van der Waals surface area contributed by atoms with Crippen LogP contribution < -0.4 is 5.32 Å². The lowest BCUT2D eigenvalue weighted by Gasteiger charge is -2.32. The number of ether oxygens (including phenoxy) is 1. The van der Waals surface area contributed by atoms with E-state index in [-0.39, 0.29) is 18.4 Å². The topological polar surface area (TPSA) is 58.6 Å². The van der Waals surface area contributed by atoms with Gasteiger partial charge in [-0.1, -0.05) is 44.2 Å². The van der Waals surface area contributed by atoms with Gasteiger partial charge in [0.05, 0.1) is 0 Å². The number of carbonyl (C=O) groups is 2. The van der Waals surface area contributed by atoms with Crippen LogP contribution in [0.3, 0.4) is 0 Å². The first-order valence-electron chi connectivity index (χ1n) is 8.34. The first kappa shape index (κ1) is 17.3. The third-order valence-corrected chi connectivity index (χ3v) is 4.09. The summed E-state index contributed by atoms with van der Waals surface area (Å²) in [5, 5.41) is 2.73. The number of benzene rings is 1. The van der Waals surface area contributed by atoms with E-state index in [2.05, 4.69) is 5.32 Å². The van der Waals surface area contributed by atoms with Crippen LogP contribution >= 0.6 is 0 Å². The van der Waals surface area contributed by atoms with Crippen LogP contribution in [-0.4, -0.2) is 36.0 Å². The molecule has 126 valence electrons. The predicted octanol–water partition coefficient (Wildman–Crippen LogP) is 2.95. The Labute approximate surface area is 138 Å². The van der Waals surface area contributed by atoms with Gasteiger partial charge >= 0.3 is 6.09 Å². The summed E-state index contributed by atoms with van der Waals surface area (Å²) in [4.78, 5) is 26.5. The fourth-order valence-electron chi connectivity index (χ4n) is 2.72. The number of rotatable bonds is 5. The largest absolute Gasteiger partial charge is 0.445 e. The average Bonchev–Trinajstić information content (AvgIpc) is 2.58. The molecule has 0 aliphatic carbocycles. The second-order valence-electron chi connectivity index (χ2n) is 6.31. The summed E-state index contributed by atoms with van der Waals surface area (Å²) < 4.78 is 5.23. The van der Waals surface area contributed by atoms with Crippen molar-refractivity contribution in [3.05, 3.63) is 35.9 Å². The molecule has 0 unspecified atom stereocenters. The molecule has 0 radical (unpaired) electrons. The van der Waals surface area contributed by atoms with Gasteiger partial charge < -0.3 is 15.0 Å². The zero-order chi connectivity index (χ0) is 16.7. The van der Waals surface area contributed by atoms with E-state index in [0.29, 0.717) is 0 Å². The van der Waals surface area contributed by atoms with E-state index in [1.54, 1.807) is 0 Å². The molecule has 1 aromatic rings. The van der Waals surface area contributed by atoms with E-state index in [0.717, 1.165) is 31.5 Å². The molecule has 2 rings (SSSR count). The van der Waals surface area contributed by atoms with Crippen LogP contribution in [0.2, 0.25) is 0 Å². The van der Waals surface area contributed by atoms with Crippen molar-refractivity contribution in [3.63, 3.8) is 0 Å². The molecule has 1 aliphatic heterocycles. The van der Waals surface area contributed by atoms with Crippen molar-refractivity contribution < 1.29 is 14.3 Å². The number of nitrogens with one attached hydrogen (secondary N) is 1. The fourth-order valence-corrected chi connectivity index (χ4v) is 2.72. The molecule has 23 heavy (non-hydrogen) atoms. The zero-order valence-corrected chi connectivity index (χ0v) is 14.0. The van der Waals surface area contributed by atoms with Crippen molar-refractivity contribution in [2.75, 3.05) is 13.1 Å². The summed E-state index contributed by atoms with van der Waals surface area (Å²) >= 11 is 0. The van der Waals surface area contributed by atoms with Crippen LogP contribution in [-0.2, 0) is 16.1 Å². The summed E-state index contributed by atoms with van der Waals surface area (Å²) in [6.07, 6.45) is 2.70. The Hall–Kier alpha value is -2.04. The molecule has 2 amide bonds. The number of likely N-dealkylation sites (tertiary alicyclic amines) is 1. The molecule has 0 aromatic heterocycles. The second kappa shape index (κ2) is 8.56. The van der Waals surface area contributed by atoms with E-state index in [1.807, 2.05) is 49.1 Å². The molecule has 5 nitrogen and oxygen atoms in total. The first-order chi connectivity index (χ1) is 11.1. The van der Waals surface area contributed by atoms with Gasteiger partial charge in [0.2, 0.25) is 5.91 Å². The highest BCUT2D eigenvalue weighted by Gasteiger charge is 2.29. The number of hydrogen-bond donors (Lipinski definition) is 1. The van der Waals surface area contributed by atoms with Crippen LogP contribution in [0.1, 0.15) is 38.7 Å².